The van der Waals surface area contributed by atoms with Gasteiger partial charge in [-0.3, -0.25) is 9.48 Å². The van der Waals surface area contributed by atoms with E-state index in [4.69, 9.17) is 0 Å². The highest BCUT2D eigenvalue weighted by Crippen LogP contribution is 2.32. The summed E-state index contributed by atoms with van der Waals surface area (Å²) < 4.78 is 1.95. The van der Waals surface area contributed by atoms with E-state index in [1.54, 1.807) is 0 Å². The Bertz CT molecular complexity index is 594. The molecule has 5 heteroatoms. The molecular formula is C17H26N4O. The normalized spacial score (nSPS) is 28.5. The molecule has 3 heterocycles. The van der Waals surface area contributed by atoms with Gasteiger partial charge in [0.2, 0.25) is 0 Å². The molecule has 0 saturated carbocycles. The van der Waals surface area contributed by atoms with Crippen molar-refractivity contribution in [2.45, 2.75) is 44.6 Å². The van der Waals surface area contributed by atoms with E-state index in [0.717, 1.165) is 44.6 Å². The van der Waals surface area contributed by atoms with E-state index in [2.05, 4.69) is 21.9 Å². The van der Waals surface area contributed by atoms with Crippen molar-refractivity contribution in [3.63, 3.8) is 0 Å². The molecule has 1 aromatic rings. The van der Waals surface area contributed by atoms with Gasteiger partial charge in [0.15, 0.2) is 5.69 Å². The molecule has 1 aromatic heterocycles. The number of nitrogens with zero attached hydrogens (tertiary/aromatic N) is 4. The summed E-state index contributed by atoms with van der Waals surface area (Å²) in [6, 6.07) is 0.396. The third-order valence-electron chi connectivity index (χ3n) is 5.79. The van der Waals surface area contributed by atoms with Gasteiger partial charge in [0, 0.05) is 44.0 Å². The molecule has 0 N–H and O–H groups in total. The van der Waals surface area contributed by atoms with Crippen molar-refractivity contribution in [2.24, 2.45) is 13.0 Å². The van der Waals surface area contributed by atoms with Crippen LogP contribution in [0.5, 0.6) is 0 Å². The summed E-state index contributed by atoms with van der Waals surface area (Å²) in [5.74, 6) is 0.839. The van der Waals surface area contributed by atoms with Crippen LogP contribution in [-0.2, 0) is 19.9 Å². The van der Waals surface area contributed by atoms with Crippen molar-refractivity contribution in [3.8, 4) is 0 Å². The van der Waals surface area contributed by atoms with Crippen LogP contribution in [0.25, 0.3) is 0 Å². The highest BCUT2D eigenvalue weighted by Gasteiger charge is 2.41. The Balaban J connectivity index is 1.64. The Morgan fingerprint density at radius 1 is 1.14 bits per heavy atom. The van der Waals surface area contributed by atoms with Gasteiger partial charge in [-0.25, -0.2) is 0 Å². The maximum atomic E-state index is 13.2. The van der Waals surface area contributed by atoms with Gasteiger partial charge in [0.05, 0.1) is 0 Å². The molecule has 2 saturated heterocycles. The number of carbonyl (C=O) groups excluding carboxylic acids is 1. The van der Waals surface area contributed by atoms with Gasteiger partial charge < -0.3 is 9.80 Å². The molecule has 2 atom stereocenters. The van der Waals surface area contributed by atoms with Crippen molar-refractivity contribution >= 4 is 5.91 Å². The maximum Gasteiger partial charge on any atom is 0.274 e. The smallest absolute Gasteiger partial charge is 0.274 e. The van der Waals surface area contributed by atoms with Crippen molar-refractivity contribution in [1.29, 1.82) is 0 Å². The Morgan fingerprint density at radius 3 is 2.82 bits per heavy atom. The summed E-state index contributed by atoms with van der Waals surface area (Å²) in [5, 5.41) is 4.61. The average molecular weight is 302 g/mol. The molecule has 2 fully saturated rings. The number of hydrogen-bond acceptors (Lipinski definition) is 3. The van der Waals surface area contributed by atoms with Gasteiger partial charge in [-0.05, 0) is 51.5 Å². The second kappa shape index (κ2) is 5.37. The summed E-state index contributed by atoms with van der Waals surface area (Å²) in [6.45, 7) is 3.05. The van der Waals surface area contributed by atoms with Crippen LogP contribution >= 0.6 is 0 Å². The predicted octanol–water partition coefficient (Wildman–Crippen LogP) is 1.47. The molecule has 4 rings (SSSR count). The lowest BCUT2D eigenvalue weighted by molar-refractivity contribution is 0.0563. The van der Waals surface area contributed by atoms with Crippen molar-refractivity contribution in [3.05, 3.63) is 17.0 Å². The van der Waals surface area contributed by atoms with E-state index >= 15 is 0 Å². The second-order valence-corrected chi connectivity index (χ2v) is 7.29. The van der Waals surface area contributed by atoms with E-state index in [1.165, 1.54) is 30.5 Å². The predicted molar refractivity (Wildman–Crippen MR) is 84.9 cm³/mol. The molecule has 1 aliphatic carbocycles. The molecule has 22 heavy (non-hydrogen) atoms. The first kappa shape index (κ1) is 14.2. The van der Waals surface area contributed by atoms with Crippen LogP contribution in [0.1, 0.15) is 47.4 Å². The topological polar surface area (TPSA) is 41.4 Å². The number of likely N-dealkylation sites (tertiary alicyclic amines) is 2. The SMILES string of the molecule is CN1C[C@@H]2CCCN(C(=O)c3nn(C)c4c3CCCC4)[C@@H]2C1. The van der Waals surface area contributed by atoms with E-state index in [0.29, 0.717) is 12.0 Å². The average Bonchev–Trinajstić information content (AvgIpc) is 3.06. The molecule has 5 nitrogen and oxygen atoms in total. The Kier molecular flexibility index (Phi) is 3.48. The molecular weight excluding hydrogens is 276 g/mol. The van der Waals surface area contributed by atoms with Gasteiger partial charge in [0.1, 0.15) is 0 Å². The molecule has 0 unspecified atom stereocenters. The van der Waals surface area contributed by atoms with Crippen LogP contribution in [-0.4, -0.2) is 58.2 Å². The fourth-order valence-corrected chi connectivity index (χ4v) is 4.72. The van der Waals surface area contributed by atoms with Crippen LogP contribution < -0.4 is 0 Å². The summed E-state index contributed by atoms with van der Waals surface area (Å²) in [7, 11) is 4.16. The Labute approximate surface area is 132 Å². The summed E-state index contributed by atoms with van der Waals surface area (Å²) in [5.41, 5.74) is 3.26. The number of amides is 1. The highest BCUT2D eigenvalue weighted by atomic mass is 16.2. The Morgan fingerprint density at radius 2 is 1.95 bits per heavy atom. The molecule has 0 radical (unpaired) electrons. The monoisotopic (exact) mass is 302 g/mol. The van der Waals surface area contributed by atoms with E-state index in [9.17, 15) is 4.79 Å². The fourth-order valence-electron chi connectivity index (χ4n) is 4.72. The molecule has 0 spiro atoms. The van der Waals surface area contributed by atoms with Crippen LogP contribution in [0.4, 0.5) is 0 Å². The zero-order valence-electron chi connectivity index (χ0n) is 13.7. The molecule has 2 aliphatic heterocycles. The number of aryl methyl sites for hydroxylation is 1. The maximum absolute atomic E-state index is 13.2. The van der Waals surface area contributed by atoms with Crippen LogP contribution in [0, 0.1) is 5.92 Å². The number of rotatable bonds is 1. The first-order chi connectivity index (χ1) is 10.6. The number of hydrogen-bond donors (Lipinski definition) is 0. The number of likely N-dealkylation sites (N-methyl/N-ethyl adjacent to an activating group) is 1. The number of piperidine rings is 1. The van der Waals surface area contributed by atoms with Crippen LogP contribution in [0.15, 0.2) is 0 Å². The molecule has 3 aliphatic rings. The minimum Gasteiger partial charge on any atom is -0.333 e. The lowest BCUT2D eigenvalue weighted by Crippen LogP contribution is -2.48. The van der Waals surface area contributed by atoms with Gasteiger partial charge >= 0.3 is 0 Å². The minimum absolute atomic E-state index is 0.184. The van der Waals surface area contributed by atoms with Crippen LogP contribution in [0.2, 0.25) is 0 Å². The number of fused-ring (bicyclic) bond motifs is 2. The third kappa shape index (κ3) is 2.18. The molecule has 0 bridgehead atoms. The largest absolute Gasteiger partial charge is 0.333 e. The summed E-state index contributed by atoms with van der Waals surface area (Å²) >= 11 is 0. The minimum atomic E-state index is 0.184. The Hall–Kier alpha value is -1.36. The van der Waals surface area contributed by atoms with E-state index < -0.39 is 0 Å². The quantitative estimate of drug-likeness (QED) is 0.789. The molecule has 120 valence electrons. The lowest BCUT2D eigenvalue weighted by atomic mass is 9.90. The highest BCUT2D eigenvalue weighted by molar-refractivity contribution is 5.94. The molecule has 1 amide bonds. The second-order valence-electron chi connectivity index (χ2n) is 7.29. The zero-order chi connectivity index (χ0) is 15.3. The van der Waals surface area contributed by atoms with Gasteiger partial charge in [0.25, 0.3) is 5.91 Å². The number of carbonyl (C=O) groups is 1. The van der Waals surface area contributed by atoms with Gasteiger partial charge in [-0.2, -0.15) is 5.10 Å². The van der Waals surface area contributed by atoms with Crippen molar-refractivity contribution in [1.82, 2.24) is 19.6 Å². The van der Waals surface area contributed by atoms with Crippen molar-refractivity contribution < 1.29 is 4.79 Å². The zero-order valence-corrected chi connectivity index (χ0v) is 13.7. The first-order valence-corrected chi connectivity index (χ1v) is 8.69. The third-order valence-corrected chi connectivity index (χ3v) is 5.79. The molecule has 0 aromatic carbocycles. The fraction of sp³-hybridized carbons (Fsp3) is 0.765. The summed E-state index contributed by atoms with van der Waals surface area (Å²) in [6.07, 6.45) is 6.90. The number of aromatic nitrogens is 2. The van der Waals surface area contributed by atoms with Gasteiger partial charge in [-0.15, -0.1) is 0 Å². The van der Waals surface area contributed by atoms with E-state index in [1.807, 2.05) is 11.7 Å². The van der Waals surface area contributed by atoms with Crippen molar-refractivity contribution in [2.75, 3.05) is 26.7 Å². The summed E-state index contributed by atoms with van der Waals surface area (Å²) in [4.78, 5) is 17.7. The standard InChI is InChI=1S/C17H26N4O/c1-19-10-12-6-5-9-21(15(12)11-19)17(22)16-13-7-3-4-8-14(13)20(2)18-16/h12,15H,3-11H2,1-2H3/t12-,15+/m0/s1. The van der Waals surface area contributed by atoms with E-state index in [-0.39, 0.29) is 5.91 Å². The van der Waals surface area contributed by atoms with Crippen LogP contribution in [0.3, 0.4) is 0 Å². The van der Waals surface area contributed by atoms with Gasteiger partial charge in [-0.1, -0.05) is 0 Å². The lowest BCUT2D eigenvalue weighted by Gasteiger charge is -2.36. The first-order valence-electron chi connectivity index (χ1n) is 8.69.